The Bertz CT molecular complexity index is 712. The normalized spacial score (nSPS) is 15.7. The lowest BCUT2D eigenvalue weighted by Gasteiger charge is -2.30. The predicted molar refractivity (Wildman–Crippen MR) is 84.3 cm³/mol. The predicted octanol–water partition coefficient (Wildman–Crippen LogP) is 4.19. The number of Topliss-reactive ketones (excluding diaryl/α,β-unsaturated/α-hetero) is 1. The first kappa shape index (κ1) is 13.9. The summed E-state index contributed by atoms with van der Waals surface area (Å²) in [5.74, 6) is 1.43. The standard InChI is InChI=1S/C17H16O3S/c1-17(2)10-13(16(18)15-5-4-8-21-15)12-7-6-11(19-3)9-14(12)20-17/h4-10H,1-3H3. The summed E-state index contributed by atoms with van der Waals surface area (Å²) in [5.41, 5.74) is 0.974. The summed E-state index contributed by atoms with van der Waals surface area (Å²) in [6.45, 7) is 3.88. The van der Waals surface area contributed by atoms with Crippen molar-refractivity contribution in [3.63, 3.8) is 0 Å². The Labute approximate surface area is 127 Å². The van der Waals surface area contributed by atoms with Gasteiger partial charge in [-0.2, -0.15) is 0 Å². The van der Waals surface area contributed by atoms with Gasteiger partial charge in [-0.3, -0.25) is 4.79 Å². The van der Waals surface area contributed by atoms with Crippen molar-refractivity contribution in [1.29, 1.82) is 0 Å². The first-order valence-electron chi connectivity index (χ1n) is 6.69. The topological polar surface area (TPSA) is 35.5 Å². The van der Waals surface area contributed by atoms with Crippen molar-refractivity contribution in [2.45, 2.75) is 19.4 Å². The van der Waals surface area contributed by atoms with E-state index in [2.05, 4.69) is 0 Å². The van der Waals surface area contributed by atoms with Gasteiger partial charge in [0.25, 0.3) is 0 Å². The molecule has 1 aromatic heterocycles. The van der Waals surface area contributed by atoms with Gasteiger partial charge >= 0.3 is 0 Å². The highest BCUT2D eigenvalue weighted by Crippen LogP contribution is 2.39. The lowest BCUT2D eigenvalue weighted by molar-refractivity contribution is 0.104. The van der Waals surface area contributed by atoms with Crippen LogP contribution in [0.2, 0.25) is 0 Å². The second-order valence-electron chi connectivity index (χ2n) is 5.43. The molecule has 0 spiro atoms. The van der Waals surface area contributed by atoms with Crippen LogP contribution in [0.5, 0.6) is 11.5 Å². The summed E-state index contributed by atoms with van der Waals surface area (Å²) in [6, 6.07) is 9.28. The fraction of sp³-hybridized carbons (Fsp3) is 0.235. The molecule has 0 N–H and O–H groups in total. The molecule has 108 valence electrons. The van der Waals surface area contributed by atoms with Gasteiger partial charge in [0.05, 0.1) is 12.0 Å². The Morgan fingerprint density at radius 3 is 2.76 bits per heavy atom. The number of ketones is 1. The molecule has 0 unspecified atom stereocenters. The maximum Gasteiger partial charge on any atom is 0.203 e. The largest absolute Gasteiger partial charge is 0.497 e. The molecular formula is C17H16O3S. The third-order valence-electron chi connectivity index (χ3n) is 3.33. The number of carbonyl (C=O) groups excluding carboxylic acids is 1. The van der Waals surface area contributed by atoms with Crippen LogP contribution in [0.4, 0.5) is 0 Å². The summed E-state index contributed by atoms with van der Waals surface area (Å²) in [7, 11) is 1.61. The average Bonchev–Trinajstić information content (AvgIpc) is 2.98. The molecule has 1 aromatic carbocycles. The molecule has 0 saturated heterocycles. The number of hydrogen-bond acceptors (Lipinski definition) is 4. The van der Waals surface area contributed by atoms with Gasteiger partial charge in [0, 0.05) is 17.2 Å². The third kappa shape index (κ3) is 2.59. The van der Waals surface area contributed by atoms with Crippen molar-refractivity contribution >= 4 is 22.7 Å². The summed E-state index contributed by atoms with van der Waals surface area (Å²) in [5, 5.41) is 1.91. The van der Waals surface area contributed by atoms with E-state index < -0.39 is 5.60 Å². The lowest BCUT2D eigenvalue weighted by Crippen LogP contribution is -2.30. The molecule has 0 fully saturated rings. The molecule has 21 heavy (non-hydrogen) atoms. The van der Waals surface area contributed by atoms with Crippen molar-refractivity contribution in [2.75, 3.05) is 7.11 Å². The number of benzene rings is 1. The lowest BCUT2D eigenvalue weighted by atomic mass is 9.91. The van der Waals surface area contributed by atoms with E-state index in [-0.39, 0.29) is 5.78 Å². The maximum absolute atomic E-state index is 12.7. The van der Waals surface area contributed by atoms with Crippen LogP contribution in [0.15, 0.2) is 41.8 Å². The molecular weight excluding hydrogens is 284 g/mol. The van der Waals surface area contributed by atoms with Gasteiger partial charge in [0.15, 0.2) is 0 Å². The summed E-state index contributed by atoms with van der Waals surface area (Å²) >= 11 is 1.45. The first-order chi connectivity index (χ1) is 10.00. The van der Waals surface area contributed by atoms with Crippen molar-refractivity contribution in [2.24, 2.45) is 0 Å². The Morgan fingerprint density at radius 2 is 2.10 bits per heavy atom. The van der Waals surface area contributed by atoms with Crippen molar-refractivity contribution in [3.05, 3.63) is 52.2 Å². The van der Waals surface area contributed by atoms with E-state index in [0.717, 1.165) is 16.2 Å². The zero-order chi connectivity index (χ0) is 15.0. The number of rotatable bonds is 3. The second-order valence-corrected chi connectivity index (χ2v) is 6.38. The minimum absolute atomic E-state index is 0.0350. The smallest absolute Gasteiger partial charge is 0.203 e. The van der Waals surface area contributed by atoms with Gasteiger partial charge in [0.2, 0.25) is 5.78 Å². The number of methoxy groups -OCH3 is 1. The Hall–Kier alpha value is -2.07. The number of ether oxygens (including phenoxy) is 2. The van der Waals surface area contributed by atoms with Crippen LogP contribution in [0.3, 0.4) is 0 Å². The van der Waals surface area contributed by atoms with Crippen LogP contribution >= 0.6 is 11.3 Å². The molecule has 0 radical (unpaired) electrons. The van der Waals surface area contributed by atoms with Crippen LogP contribution in [0, 0.1) is 0 Å². The number of carbonyl (C=O) groups is 1. The van der Waals surface area contributed by atoms with E-state index in [0.29, 0.717) is 11.3 Å². The van der Waals surface area contributed by atoms with E-state index in [4.69, 9.17) is 9.47 Å². The van der Waals surface area contributed by atoms with Crippen molar-refractivity contribution < 1.29 is 14.3 Å². The van der Waals surface area contributed by atoms with Gasteiger partial charge in [-0.05, 0) is 43.5 Å². The summed E-state index contributed by atoms with van der Waals surface area (Å²) in [4.78, 5) is 13.5. The van der Waals surface area contributed by atoms with Gasteiger partial charge in [-0.25, -0.2) is 0 Å². The fourth-order valence-electron chi connectivity index (χ4n) is 2.40. The maximum atomic E-state index is 12.7. The summed E-state index contributed by atoms with van der Waals surface area (Å²) in [6.07, 6.45) is 1.89. The van der Waals surface area contributed by atoms with Gasteiger partial charge in [-0.1, -0.05) is 6.07 Å². The third-order valence-corrected chi connectivity index (χ3v) is 4.20. The minimum Gasteiger partial charge on any atom is -0.497 e. The highest BCUT2D eigenvalue weighted by molar-refractivity contribution is 7.12. The van der Waals surface area contributed by atoms with Crippen molar-refractivity contribution in [1.82, 2.24) is 0 Å². The van der Waals surface area contributed by atoms with E-state index in [1.807, 2.05) is 55.6 Å². The van der Waals surface area contributed by atoms with Crippen molar-refractivity contribution in [3.8, 4) is 11.5 Å². The van der Waals surface area contributed by atoms with Crippen LogP contribution in [-0.2, 0) is 0 Å². The van der Waals surface area contributed by atoms with Gasteiger partial charge < -0.3 is 9.47 Å². The minimum atomic E-state index is -0.526. The molecule has 1 aliphatic heterocycles. The molecule has 0 aliphatic carbocycles. The molecule has 2 aromatic rings. The molecule has 0 atom stereocenters. The molecule has 0 bridgehead atoms. The Balaban J connectivity index is 2.11. The van der Waals surface area contributed by atoms with Crippen LogP contribution in [0.1, 0.15) is 29.1 Å². The molecule has 0 amide bonds. The first-order valence-corrected chi connectivity index (χ1v) is 7.56. The fourth-order valence-corrected chi connectivity index (χ4v) is 3.08. The number of fused-ring (bicyclic) bond motifs is 1. The van der Waals surface area contributed by atoms with Gasteiger partial charge in [-0.15, -0.1) is 11.3 Å². The quantitative estimate of drug-likeness (QED) is 0.797. The van der Waals surface area contributed by atoms with Crippen LogP contribution in [0.25, 0.3) is 5.57 Å². The summed E-state index contributed by atoms with van der Waals surface area (Å²) < 4.78 is 11.2. The Morgan fingerprint density at radius 1 is 1.29 bits per heavy atom. The highest BCUT2D eigenvalue weighted by atomic mass is 32.1. The zero-order valence-electron chi connectivity index (χ0n) is 12.2. The molecule has 3 nitrogen and oxygen atoms in total. The SMILES string of the molecule is COc1ccc2c(c1)OC(C)(C)C=C2C(=O)c1cccs1. The van der Waals surface area contributed by atoms with E-state index in [9.17, 15) is 4.79 Å². The van der Waals surface area contributed by atoms with E-state index in [1.165, 1.54) is 11.3 Å². The molecule has 3 rings (SSSR count). The number of allylic oxidation sites excluding steroid dienone is 1. The average molecular weight is 300 g/mol. The molecule has 0 saturated carbocycles. The van der Waals surface area contributed by atoms with E-state index in [1.54, 1.807) is 7.11 Å². The van der Waals surface area contributed by atoms with Crippen LogP contribution < -0.4 is 9.47 Å². The monoisotopic (exact) mass is 300 g/mol. The highest BCUT2D eigenvalue weighted by Gasteiger charge is 2.30. The zero-order valence-corrected chi connectivity index (χ0v) is 13.0. The van der Waals surface area contributed by atoms with Crippen LogP contribution in [-0.4, -0.2) is 18.5 Å². The van der Waals surface area contributed by atoms with E-state index >= 15 is 0 Å². The number of thiophene rings is 1. The molecule has 4 heteroatoms. The second kappa shape index (κ2) is 5.04. The molecule has 2 heterocycles. The Kier molecular flexibility index (Phi) is 3.33. The molecule has 1 aliphatic rings. The number of hydrogen-bond donors (Lipinski definition) is 0. The van der Waals surface area contributed by atoms with Gasteiger partial charge in [0.1, 0.15) is 17.1 Å².